The Morgan fingerprint density at radius 1 is 1.09 bits per heavy atom. The second-order valence-electron chi connectivity index (χ2n) is 4.63. The Bertz CT molecular complexity index is 672. The van der Waals surface area contributed by atoms with Gasteiger partial charge in [0.1, 0.15) is 11.5 Å². The molecule has 2 heterocycles. The van der Waals surface area contributed by atoms with Crippen molar-refractivity contribution in [2.45, 2.75) is 18.4 Å². The van der Waals surface area contributed by atoms with Gasteiger partial charge < -0.3 is 14.2 Å². The zero-order valence-electron chi connectivity index (χ0n) is 12.6. The smallest absolute Gasteiger partial charge is 0.189 e. The predicted octanol–water partition coefficient (Wildman–Crippen LogP) is 2.81. The molecule has 115 valence electrons. The van der Waals surface area contributed by atoms with Crippen LogP contribution in [0, 0.1) is 0 Å². The third-order valence-corrected chi connectivity index (χ3v) is 3.84. The molecule has 7 heteroatoms. The van der Waals surface area contributed by atoms with Crippen LogP contribution in [0.15, 0.2) is 23.4 Å². The highest BCUT2D eigenvalue weighted by Gasteiger charge is 2.21. The van der Waals surface area contributed by atoms with Gasteiger partial charge in [0.2, 0.25) is 0 Å². The number of ether oxygens (including phenoxy) is 3. The van der Waals surface area contributed by atoms with Crippen molar-refractivity contribution in [1.29, 1.82) is 0 Å². The third-order valence-electron chi connectivity index (χ3n) is 3.29. The van der Waals surface area contributed by atoms with E-state index in [1.54, 1.807) is 20.3 Å². The normalized spacial score (nSPS) is 12.9. The summed E-state index contributed by atoms with van der Waals surface area (Å²) in [7, 11) is 3.22. The van der Waals surface area contributed by atoms with Gasteiger partial charge in [0.05, 0.1) is 38.8 Å². The Morgan fingerprint density at radius 3 is 2.45 bits per heavy atom. The van der Waals surface area contributed by atoms with Crippen molar-refractivity contribution in [3.05, 3.63) is 29.5 Å². The average Bonchev–Trinajstić information content (AvgIpc) is 3.03. The largest absolute Gasteiger partial charge is 0.497 e. The van der Waals surface area contributed by atoms with Crippen LogP contribution in [0.25, 0.3) is 0 Å². The van der Waals surface area contributed by atoms with Crippen molar-refractivity contribution in [2.75, 3.05) is 20.5 Å². The summed E-state index contributed by atoms with van der Waals surface area (Å²) in [4.78, 5) is 8.95. The van der Waals surface area contributed by atoms with E-state index < -0.39 is 0 Å². The SMILES string of the molecule is COc1cc([N]c2nc(SC)nc3c2COC3)cc(OC)c1. The van der Waals surface area contributed by atoms with E-state index in [0.717, 1.165) is 16.9 Å². The molecular weight excluding hydrogens is 302 g/mol. The van der Waals surface area contributed by atoms with E-state index >= 15 is 0 Å². The fourth-order valence-electron chi connectivity index (χ4n) is 2.18. The maximum absolute atomic E-state index is 5.46. The Balaban J connectivity index is 1.98. The molecule has 0 aliphatic carbocycles. The summed E-state index contributed by atoms with van der Waals surface area (Å²) in [5.41, 5.74) is 2.57. The zero-order chi connectivity index (χ0) is 15.5. The summed E-state index contributed by atoms with van der Waals surface area (Å²) < 4.78 is 16.0. The van der Waals surface area contributed by atoms with Crippen LogP contribution < -0.4 is 14.8 Å². The Morgan fingerprint density at radius 2 is 1.82 bits per heavy atom. The molecule has 1 aliphatic heterocycles. The molecule has 22 heavy (non-hydrogen) atoms. The molecule has 2 aromatic rings. The lowest BCUT2D eigenvalue weighted by Gasteiger charge is -2.10. The van der Waals surface area contributed by atoms with Gasteiger partial charge in [-0.05, 0) is 6.26 Å². The summed E-state index contributed by atoms with van der Waals surface area (Å²) in [5, 5.41) is 5.33. The molecule has 3 rings (SSSR count). The lowest BCUT2D eigenvalue weighted by atomic mass is 10.2. The van der Waals surface area contributed by atoms with Crippen LogP contribution >= 0.6 is 11.8 Å². The standard InChI is InChI=1S/C15H16N3O3S/c1-19-10-4-9(5-11(6-10)20-2)16-14-12-7-21-8-13(12)17-15(18-14)22-3/h4-6H,7-8H2,1-3H3. The van der Waals surface area contributed by atoms with Crippen molar-refractivity contribution in [1.82, 2.24) is 15.3 Å². The second-order valence-corrected chi connectivity index (χ2v) is 5.41. The van der Waals surface area contributed by atoms with Gasteiger partial charge in [-0.25, -0.2) is 15.3 Å². The van der Waals surface area contributed by atoms with Gasteiger partial charge >= 0.3 is 0 Å². The molecule has 0 N–H and O–H groups in total. The fourth-order valence-corrected chi connectivity index (χ4v) is 2.55. The summed E-state index contributed by atoms with van der Waals surface area (Å²) in [6.07, 6.45) is 1.94. The molecule has 0 spiro atoms. The maximum Gasteiger partial charge on any atom is 0.189 e. The first-order chi connectivity index (χ1) is 10.7. The molecule has 1 aliphatic rings. The summed E-state index contributed by atoms with van der Waals surface area (Å²) >= 11 is 1.49. The van der Waals surface area contributed by atoms with Gasteiger partial charge in [-0.15, -0.1) is 0 Å². The van der Waals surface area contributed by atoms with Crippen molar-refractivity contribution in [3.63, 3.8) is 0 Å². The van der Waals surface area contributed by atoms with Gasteiger partial charge in [0.15, 0.2) is 11.0 Å². The molecule has 0 atom stereocenters. The van der Waals surface area contributed by atoms with E-state index in [1.165, 1.54) is 11.8 Å². The topological polar surface area (TPSA) is 67.6 Å². The molecule has 0 amide bonds. The van der Waals surface area contributed by atoms with Crippen molar-refractivity contribution < 1.29 is 14.2 Å². The van der Waals surface area contributed by atoms with E-state index in [0.29, 0.717) is 35.7 Å². The van der Waals surface area contributed by atoms with Gasteiger partial charge in [-0.3, -0.25) is 0 Å². The highest BCUT2D eigenvalue weighted by molar-refractivity contribution is 7.98. The van der Waals surface area contributed by atoms with E-state index in [-0.39, 0.29) is 0 Å². The molecule has 1 radical (unpaired) electrons. The fraction of sp³-hybridized carbons (Fsp3) is 0.333. The summed E-state index contributed by atoms with van der Waals surface area (Å²) in [6, 6.07) is 5.48. The monoisotopic (exact) mass is 318 g/mol. The number of rotatable bonds is 5. The third kappa shape index (κ3) is 2.95. The highest BCUT2D eigenvalue weighted by atomic mass is 32.2. The molecule has 1 aromatic carbocycles. The maximum atomic E-state index is 5.46. The molecule has 6 nitrogen and oxygen atoms in total. The van der Waals surface area contributed by atoms with Crippen LogP contribution in [-0.4, -0.2) is 30.4 Å². The van der Waals surface area contributed by atoms with Gasteiger partial charge in [-0.1, -0.05) is 11.8 Å². The predicted molar refractivity (Wildman–Crippen MR) is 83.3 cm³/mol. The van der Waals surface area contributed by atoms with Crippen LogP contribution in [0.4, 0.5) is 11.5 Å². The van der Waals surface area contributed by atoms with Crippen LogP contribution in [-0.2, 0) is 18.0 Å². The Labute approximate surface area is 133 Å². The van der Waals surface area contributed by atoms with E-state index in [2.05, 4.69) is 15.3 Å². The minimum Gasteiger partial charge on any atom is -0.497 e. The lowest BCUT2D eigenvalue weighted by Crippen LogP contribution is -2.02. The molecule has 0 saturated carbocycles. The number of hydrogen-bond acceptors (Lipinski definition) is 6. The number of thioether (sulfide) groups is 1. The number of nitrogens with zero attached hydrogens (tertiary/aromatic N) is 3. The quantitative estimate of drug-likeness (QED) is 0.624. The first-order valence-corrected chi connectivity index (χ1v) is 7.92. The van der Waals surface area contributed by atoms with Crippen LogP contribution in [0.2, 0.25) is 0 Å². The minimum atomic E-state index is 0.490. The lowest BCUT2D eigenvalue weighted by molar-refractivity contribution is 0.133. The van der Waals surface area contributed by atoms with E-state index in [9.17, 15) is 0 Å². The Hall–Kier alpha value is -1.99. The molecule has 0 fully saturated rings. The number of aromatic nitrogens is 2. The molecule has 0 saturated heterocycles. The summed E-state index contributed by atoms with van der Waals surface area (Å²) in [5.74, 6) is 2.01. The van der Waals surface area contributed by atoms with E-state index in [4.69, 9.17) is 14.2 Å². The minimum absolute atomic E-state index is 0.490. The molecule has 1 aromatic heterocycles. The zero-order valence-corrected chi connectivity index (χ0v) is 13.4. The highest BCUT2D eigenvalue weighted by Crippen LogP contribution is 2.32. The van der Waals surface area contributed by atoms with Gasteiger partial charge in [0, 0.05) is 23.8 Å². The Kier molecular flexibility index (Phi) is 4.35. The first-order valence-electron chi connectivity index (χ1n) is 6.70. The second kappa shape index (κ2) is 6.41. The number of methoxy groups -OCH3 is 2. The number of hydrogen-bond donors (Lipinski definition) is 0. The van der Waals surface area contributed by atoms with Crippen molar-refractivity contribution >= 4 is 23.3 Å². The van der Waals surface area contributed by atoms with Crippen LogP contribution in [0.1, 0.15) is 11.3 Å². The van der Waals surface area contributed by atoms with Crippen molar-refractivity contribution in [2.24, 2.45) is 0 Å². The van der Waals surface area contributed by atoms with Gasteiger partial charge in [0.25, 0.3) is 0 Å². The number of fused-ring (bicyclic) bond motifs is 1. The van der Waals surface area contributed by atoms with Crippen molar-refractivity contribution in [3.8, 4) is 11.5 Å². The average molecular weight is 318 g/mol. The summed E-state index contributed by atoms with van der Waals surface area (Å²) in [6.45, 7) is 0.999. The molecule has 0 bridgehead atoms. The van der Waals surface area contributed by atoms with Crippen LogP contribution in [0.3, 0.4) is 0 Å². The first kappa shape index (κ1) is 14.9. The van der Waals surface area contributed by atoms with Gasteiger partial charge in [-0.2, -0.15) is 0 Å². The molecular formula is C15H16N3O3S. The molecule has 0 unspecified atom stereocenters. The number of benzene rings is 1. The van der Waals surface area contributed by atoms with E-state index in [1.807, 2.05) is 18.4 Å². The van der Waals surface area contributed by atoms with Crippen LogP contribution in [0.5, 0.6) is 11.5 Å².